The number of ether oxygens (including phenoxy) is 2. The fraction of sp³-hybridized carbons (Fsp3) is 0.615. The molecule has 0 saturated carbocycles. The molecular weight excluding hydrogens is 292 g/mol. The predicted octanol–water partition coefficient (Wildman–Crippen LogP) is -0.387. The summed E-state index contributed by atoms with van der Waals surface area (Å²) in [6.07, 6.45) is -0.194. The van der Waals surface area contributed by atoms with Crippen LogP contribution in [0, 0.1) is 11.3 Å². The molecule has 0 aromatic rings. The Bertz CT molecular complexity index is 493. The second-order valence-corrected chi connectivity index (χ2v) is 4.26. The third kappa shape index (κ3) is 7.89. The highest BCUT2D eigenvalue weighted by Gasteiger charge is 2.25. The second kappa shape index (κ2) is 11.1. The molecule has 0 aromatic carbocycles. The second-order valence-electron chi connectivity index (χ2n) is 4.26. The zero-order chi connectivity index (χ0) is 17.0. The molecule has 1 amide bonds. The minimum absolute atomic E-state index is 0.0248. The van der Waals surface area contributed by atoms with Gasteiger partial charge in [-0.2, -0.15) is 10.1 Å². The molecule has 9 heteroatoms. The minimum atomic E-state index is -1.06. The Hall–Kier alpha value is -2.56. The van der Waals surface area contributed by atoms with E-state index in [1.165, 1.54) is 14.0 Å². The van der Waals surface area contributed by atoms with Gasteiger partial charge in [0.2, 0.25) is 11.7 Å². The van der Waals surface area contributed by atoms with Gasteiger partial charge in [0, 0.05) is 13.5 Å². The van der Waals surface area contributed by atoms with Gasteiger partial charge in [0.1, 0.15) is 18.8 Å². The van der Waals surface area contributed by atoms with Crippen LogP contribution >= 0.6 is 0 Å². The Kier molecular flexibility index (Phi) is 9.84. The van der Waals surface area contributed by atoms with Crippen LogP contribution in [0.1, 0.15) is 26.2 Å². The van der Waals surface area contributed by atoms with Gasteiger partial charge in [-0.1, -0.05) is 0 Å². The smallest absolute Gasteiger partial charge is 0.328 e. The first-order chi connectivity index (χ1) is 10.5. The van der Waals surface area contributed by atoms with Crippen molar-refractivity contribution in [3.8, 4) is 6.07 Å². The van der Waals surface area contributed by atoms with Crippen molar-refractivity contribution in [1.82, 2.24) is 5.32 Å². The molecule has 1 N–H and O–H groups in total. The number of nitriles is 1. The first kappa shape index (κ1) is 19.4. The van der Waals surface area contributed by atoms with Crippen molar-refractivity contribution in [1.29, 1.82) is 5.26 Å². The van der Waals surface area contributed by atoms with Crippen molar-refractivity contribution in [2.45, 2.75) is 38.3 Å². The van der Waals surface area contributed by atoms with Gasteiger partial charge in [-0.05, 0) is 13.3 Å². The molecule has 0 aliphatic rings. The zero-order valence-corrected chi connectivity index (χ0v) is 12.4. The third-order valence-corrected chi connectivity index (χ3v) is 2.66. The molecule has 0 fully saturated rings. The van der Waals surface area contributed by atoms with Gasteiger partial charge in [-0.15, -0.1) is 0 Å². The third-order valence-electron chi connectivity index (χ3n) is 2.66. The van der Waals surface area contributed by atoms with Crippen LogP contribution in [-0.2, 0) is 23.9 Å². The van der Waals surface area contributed by atoms with Crippen molar-refractivity contribution in [2.24, 2.45) is 0 Å². The SMILES string of the molecule is CO[C@@H](C)C(=O)N[C@@H](CCC(=O)C=[N+]=[N-])C(=O)OCCC#N. The highest BCUT2D eigenvalue weighted by atomic mass is 16.5. The van der Waals surface area contributed by atoms with E-state index in [-0.39, 0.29) is 25.9 Å². The Balaban J connectivity index is 4.71. The number of methoxy groups -OCH3 is 1. The van der Waals surface area contributed by atoms with Crippen molar-refractivity contribution in [2.75, 3.05) is 13.7 Å². The van der Waals surface area contributed by atoms with Gasteiger partial charge in [-0.25, -0.2) is 4.79 Å². The minimum Gasteiger partial charge on any atom is -0.463 e. The van der Waals surface area contributed by atoms with E-state index in [2.05, 4.69) is 10.1 Å². The number of amides is 1. The summed E-state index contributed by atoms with van der Waals surface area (Å²) in [5.74, 6) is -1.79. The molecule has 0 unspecified atom stereocenters. The Morgan fingerprint density at radius 3 is 2.68 bits per heavy atom. The maximum absolute atomic E-state index is 11.9. The van der Waals surface area contributed by atoms with E-state index in [4.69, 9.17) is 20.3 Å². The zero-order valence-electron chi connectivity index (χ0n) is 12.4. The van der Waals surface area contributed by atoms with Gasteiger partial charge in [0.05, 0.1) is 12.5 Å². The van der Waals surface area contributed by atoms with Crippen LogP contribution in [-0.4, -0.2) is 54.5 Å². The summed E-state index contributed by atoms with van der Waals surface area (Å²) in [6, 6.07) is 0.758. The molecule has 0 heterocycles. The van der Waals surface area contributed by atoms with Crippen LogP contribution in [0.4, 0.5) is 0 Å². The van der Waals surface area contributed by atoms with Crippen LogP contribution in [0.5, 0.6) is 0 Å². The average Bonchev–Trinajstić information content (AvgIpc) is 2.50. The fourth-order valence-corrected chi connectivity index (χ4v) is 1.36. The van der Waals surface area contributed by atoms with Gasteiger partial charge in [-0.3, -0.25) is 9.59 Å². The largest absolute Gasteiger partial charge is 0.463 e. The molecule has 0 radical (unpaired) electrons. The van der Waals surface area contributed by atoms with E-state index in [1.807, 2.05) is 6.07 Å². The van der Waals surface area contributed by atoms with Crippen molar-refractivity contribution in [3.05, 3.63) is 5.53 Å². The molecule has 0 bridgehead atoms. The van der Waals surface area contributed by atoms with Crippen LogP contribution in [0.25, 0.3) is 5.53 Å². The maximum Gasteiger partial charge on any atom is 0.328 e. The first-order valence-electron chi connectivity index (χ1n) is 6.53. The number of Topliss-reactive ketones (excluding diaryl/α,β-unsaturated/α-hetero) is 1. The average molecular weight is 310 g/mol. The number of carbonyl (C=O) groups is 3. The number of ketones is 1. The first-order valence-corrected chi connectivity index (χ1v) is 6.53. The van der Waals surface area contributed by atoms with Crippen LogP contribution < -0.4 is 5.32 Å². The molecule has 9 nitrogen and oxygen atoms in total. The number of esters is 1. The molecule has 0 aliphatic carbocycles. The number of nitrogens with zero attached hydrogens (tertiary/aromatic N) is 3. The van der Waals surface area contributed by atoms with E-state index in [1.54, 1.807) is 0 Å². The van der Waals surface area contributed by atoms with Crippen LogP contribution in [0.2, 0.25) is 0 Å². The Morgan fingerprint density at radius 1 is 1.45 bits per heavy atom. The Labute approximate surface area is 127 Å². The number of carbonyl (C=O) groups excluding carboxylic acids is 3. The summed E-state index contributed by atoms with van der Waals surface area (Å²) in [5.41, 5.74) is 8.24. The summed E-state index contributed by atoms with van der Waals surface area (Å²) in [7, 11) is 1.34. The topological polar surface area (TPSA) is 142 Å². The van der Waals surface area contributed by atoms with Gasteiger partial charge in [0.15, 0.2) is 0 Å². The molecule has 0 aliphatic heterocycles. The molecule has 2 atom stereocenters. The molecule has 0 spiro atoms. The fourth-order valence-electron chi connectivity index (χ4n) is 1.36. The molecule has 0 rings (SSSR count). The number of rotatable bonds is 10. The molecular formula is C13H18N4O5. The number of hydrogen-bond acceptors (Lipinski definition) is 6. The van der Waals surface area contributed by atoms with Crippen LogP contribution in [0.15, 0.2) is 0 Å². The van der Waals surface area contributed by atoms with Gasteiger partial charge in [0.25, 0.3) is 0 Å². The highest BCUT2D eigenvalue weighted by Crippen LogP contribution is 2.03. The van der Waals surface area contributed by atoms with Crippen molar-refractivity contribution in [3.63, 3.8) is 0 Å². The molecule has 0 aromatic heterocycles. The monoisotopic (exact) mass is 310 g/mol. The lowest BCUT2D eigenvalue weighted by molar-refractivity contribution is -0.149. The lowest BCUT2D eigenvalue weighted by atomic mass is 10.1. The summed E-state index contributed by atoms with van der Waals surface area (Å²) < 4.78 is 9.67. The standard InChI is InChI=1S/C13H18N4O5/c1-9(21-2)12(19)17-11(5-4-10(18)8-16-15)13(20)22-7-3-6-14/h8-9,11H,3-5,7H2,1-2H3,(H,17,19)/t9-,11-/m0/s1. The normalized spacial score (nSPS) is 12.2. The lowest BCUT2D eigenvalue weighted by Crippen LogP contribution is -2.46. The summed E-state index contributed by atoms with van der Waals surface area (Å²) in [5, 5.41) is 10.8. The predicted molar refractivity (Wildman–Crippen MR) is 73.5 cm³/mol. The van der Waals surface area contributed by atoms with E-state index in [9.17, 15) is 14.4 Å². The Morgan fingerprint density at radius 2 is 2.14 bits per heavy atom. The van der Waals surface area contributed by atoms with Crippen LogP contribution in [0.3, 0.4) is 0 Å². The summed E-state index contributed by atoms with van der Waals surface area (Å²) >= 11 is 0. The number of hydrogen-bond donors (Lipinski definition) is 1. The van der Waals surface area contributed by atoms with Gasteiger partial charge < -0.3 is 20.3 Å². The quantitative estimate of drug-likeness (QED) is 0.191. The van der Waals surface area contributed by atoms with E-state index >= 15 is 0 Å². The summed E-state index contributed by atoms with van der Waals surface area (Å²) in [6.45, 7) is 1.39. The maximum atomic E-state index is 11.9. The van der Waals surface area contributed by atoms with E-state index in [0.717, 1.165) is 0 Å². The van der Waals surface area contributed by atoms with E-state index < -0.39 is 29.8 Å². The summed E-state index contributed by atoms with van der Waals surface area (Å²) in [4.78, 5) is 37.4. The highest BCUT2D eigenvalue weighted by molar-refractivity contribution is 6.25. The molecule has 0 saturated heterocycles. The molecule has 120 valence electrons. The number of nitrogens with one attached hydrogen (secondary N) is 1. The van der Waals surface area contributed by atoms with Gasteiger partial charge >= 0.3 is 12.2 Å². The van der Waals surface area contributed by atoms with E-state index in [0.29, 0.717) is 6.21 Å². The lowest BCUT2D eigenvalue weighted by Gasteiger charge is -2.18. The van der Waals surface area contributed by atoms with Crippen molar-refractivity contribution < 1.29 is 28.6 Å². The van der Waals surface area contributed by atoms with Crippen molar-refractivity contribution >= 4 is 23.9 Å². The molecule has 22 heavy (non-hydrogen) atoms.